The average molecular weight is 329 g/mol. The molecule has 0 aliphatic carbocycles. The largest absolute Gasteiger partial charge is 0.492 e. The summed E-state index contributed by atoms with van der Waals surface area (Å²) < 4.78 is 6.29. The van der Waals surface area contributed by atoms with Gasteiger partial charge in [0.05, 0.1) is 16.0 Å². The summed E-state index contributed by atoms with van der Waals surface area (Å²) in [6.07, 6.45) is 4.69. The van der Waals surface area contributed by atoms with Crippen LogP contribution in [0.4, 0.5) is 5.69 Å². The van der Waals surface area contributed by atoms with Gasteiger partial charge in [0.25, 0.3) is 5.69 Å². The van der Waals surface area contributed by atoms with Gasteiger partial charge in [-0.05, 0) is 47.8 Å². The van der Waals surface area contributed by atoms with Crippen LogP contribution in [0.15, 0.2) is 22.7 Å². The van der Waals surface area contributed by atoms with E-state index in [4.69, 9.17) is 4.74 Å². The molecule has 1 aliphatic rings. The second kappa shape index (κ2) is 6.86. The molecule has 19 heavy (non-hydrogen) atoms. The SMILES string of the molecule is O=[N+]([O-])c1ccc(OCCC2CCCCN2)c(Br)c1. The van der Waals surface area contributed by atoms with Crippen molar-refractivity contribution >= 4 is 21.6 Å². The summed E-state index contributed by atoms with van der Waals surface area (Å²) in [7, 11) is 0. The fourth-order valence-electron chi connectivity index (χ4n) is 2.20. The number of nitro benzene ring substituents is 1. The Bertz CT molecular complexity index is 448. The molecule has 1 atom stereocenters. The van der Waals surface area contributed by atoms with Crippen molar-refractivity contribution in [3.8, 4) is 5.75 Å². The van der Waals surface area contributed by atoms with Crippen molar-refractivity contribution < 1.29 is 9.66 Å². The molecule has 0 spiro atoms. The number of halogens is 1. The monoisotopic (exact) mass is 328 g/mol. The Morgan fingerprint density at radius 3 is 2.95 bits per heavy atom. The predicted octanol–water partition coefficient (Wildman–Crippen LogP) is 3.27. The second-order valence-corrected chi connectivity index (χ2v) is 5.51. The standard InChI is InChI=1S/C13H17BrN2O3/c14-12-9-11(16(17)18)4-5-13(12)19-8-6-10-3-1-2-7-15-10/h4-5,9-10,15H,1-3,6-8H2. The van der Waals surface area contributed by atoms with Crippen LogP contribution >= 0.6 is 15.9 Å². The Labute approximate surface area is 120 Å². The Morgan fingerprint density at radius 1 is 1.47 bits per heavy atom. The number of non-ortho nitro benzene ring substituents is 1. The van der Waals surface area contributed by atoms with E-state index in [9.17, 15) is 10.1 Å². The molecule has 0 amide bonds. The zero-order valence-electron chi connectivity index (χ0n) is 10.6. The normalized spacial score (nSPS) is 19.1. The molecule has 0 radical (unpaired) electrons. The van der Waals surface area contributed by atoms with E-state index < -0.39 is 4.92 Å². The molecule has 1 saturated heterocycles. The molecule has 104 valence electrons. The van der Waals surface area contributed by atoms with Crippen molar-refractivity contribution in [3.05, 3.63) is 32.8 Å². The van der Waals surface area contributed by atoms with Gasteiger partial charge >= 0.3 is 0 Å². The molecule has 6 heteroatoms. The van der Waals surface area contributed by atoms with Crippen LogP contribution in [0.1, 0.15) is 25.7 Å². The number of benzene rings is 1. The lowest BCUT2D eigenvalue weighted by Crippen LogP contribution is -2.35. The van der Waals surface area contributed by atoms with Gasteiger partial charge in [-0.25, -0.2) is 0 Å². The summed E-state index contributed by atoms with van der Waals surface area (Å²) in [6.45, 7) is 1.71. The Hall–Kier alpha value is -1.14. The highest BCUT2D eigenvalue weighted by Gasteiger charge is 2.13. The lowest BCUT2D eigenvalue weighted by atomic mass is 10.0. The van der Waals surface area contributed by atoms with Crippen molar-refractivity contribution in [2.75, 3.05) is 13.2 Å². The summed E-state index contributed by atoms with van der Waals surface area (Å²) in [5, 5.41) is 14.1. The average Bonchev–Trinajstić information content (AvgIpc) is 2.41. The van der Waals surface area contributed by atoms with Gasteiger partial charge in [-0.15, -0.1) is 0 Å². The molecule has 0 saturated carbocycles. The molecule has 1 unspecified atom stereocenters. The summed E-state index contributed by atoms with van der Waals surface area (Å²) in [5.41, 5.74) is 0.0631. The molecule has 1 fully saturated rings. The quantitative estimate of drug-likeness (QED) is 0.665. The number of hydrogen-bond acceptors (Lipinski definition) is 4. The third-order valence-corrected chi connectivity index (χ3v) is 3.88. The van der Waals surface area contributed by atoms with Gasteiger partial charge in [0.2, 0.25) is 0 Å². The molecule has 1 aromatic carbocycles. The first kappa shape index (κ1) is 14.3. The van der Waals surface area contributed by atoms with Gasteiger partial charge in [0, 0.05) is 18.2 Å². The zero-order valence-corrected chi connectivity index (χ0v) is 12.2. The van der Waals surface area contributed by atoms with Crippen molar-refractivity contribution in [1.29, 1.82) is 0 Å². The lowest BCUT2D eigenvalue weighted by Gasteiger charge is -2.23. The fourth-order valence-corrected chi connectivity index (χ4v) is 2.68. The summed E-state index contributed by atoms with van der Waals surface area (Å²) >= 11 is 3.30. The van der Waals surface area contributed by atoms with Gasteiger partial charge < -0.3 is 10.1 Å². The van der Waals surface area contributed by atoms with Crippen molar-refractivity contribution in [1.82, 2.24) is 5.32 Å². The van der Waals surface area contributed by atoms with Gasteiger partial charge in [0.1, 0.15) is 5.75 Å². The lowest BCUT2D eigenvalue weighted by molar-refractivity contribution is -0.385. The third kappa shape index (κ3) is 4.18. The smallest absolute Gasteiger partial charge is 0.270 e. The minimum atomic E-state index is -0.416. The Balaban J connectivity index is 1.83. The molecule has 1 N–H and O–H groups in total. The van der Waals surface area contributed by atoms with Crippen molar-refractivity contribution in [3.63, 3.8) is 0 Å². The van der Waals surface area contributed by atoms with Crippen molar-refractivity contribution in [2.24, 2.45) is 0 Å². The van der Waals surface area contributed by atoms with E-state index in [0.29, 0.717) is 22.9 Å². The van der Waals surface area contributed by atoms with Gasteiger partial charge in [-0.3, -0.25) is 10.1 Å². The van der Waals surface area contributed by atoms with Crippen molar-refractivity contribution in [2.45, 2.75) is 31.7 Å². The van der Waals surface area contributed by atoms with Crippen LogP contribution in [0.25, 0.3) is 0 Å². The van der Waals surface area contributed by atoms with Crippen LogP contribution in [0, 0.1) is 10.1 Å². The molecule has 1 heterocycles. The van der Waals surface area contributed by atoms with E-state index in [2.05, 4.69) is 21.2 Å². The van der Waals surface area contributed by atoms with Crippen LogP contribution < -0.4 is 10.1 Å². The first-order chi connectivity index (χ1) is 9.16. The Morgan fingerprint density at radius 2 is 2.32 bits per heavy atom. The van der Waals surface area contributed by atoms with Crippen LogP contribution in [-0.4, -0.2) is 24.1 Å². The third-order valence-electron chi connectivity index (χ3n) is 3.26. The van der Waals surface area contributed by atoms with E-state index in [1.54, 1.807) is 6.07 Å². The van der Waals surface area contributed by atoms with Gasteiger partial charge in [0.15, 0.2) is 0 Å². The number of hydrogen-bond donors (Lipinski definition) is 1. The molecule has 1 aliphatic heterocycles. The highest BCUT2D eigenvalue weighted by molar-refractivity contribution is 9.10. The molecule has 2 rings (SSSR count). The number of nitrogens with zero attached hydrogens (tertiary/aromatic N) is 1. The second-order valence-electron chi connectivity index (χ2n) is 4.66. The summed E-state index contributed by atoms with van der Waals surface area (Å²) in [6, 6.07) is 5.09. The predicted molar refractivity (Wildman–Crippen MR) is 76.6 cm³/mol. The fraction of sp³-hybridized carbons (Fsp3) is 0.538. The molecular weight excluding hydrogens is 312 g/mol. The molecule has 0 aromatic heterocycles. The first-order valence-corrected chi connectivity index (χ1v) is 7.26. The minimum absolute atomic E-state index is 0.0631. The maximum absolute atomic E-state index is 10.6. The van der Waals surface area contributed by atoms with E-state index in [0.717, 1.165) is 13.0 Å². The molecule has 5 nitrogen and oxygen atoms in total. The topological polar surface area (TPSA) is 64.4 Å². The van der Waals surface area contributed by atoms with E-state index in [1.165, 1.54) is 31.4 Å². The number of nitro groups is 1. The van der Waals surface area contributed by atoms with Crippen LogP contribution in [0.5, 0.6) is 5.75 Å². The van der Waals surface area contributed by atoms with E-state index in [-0.39, 0.29) is 5.69 Å². The van der Waals surface area contributed by atoms with Crippen LogP contribution in [-0.2, 0) is 0 Å². The number of piperidine rings is 1. The first-order valence-electron chi connectivity index (χ1n) is 6.47. The molecule has 0 bridgehead atoms. The summed E-state index contributed by atoms with van der Waals surface area (Å²) in [4.78, 5) is 10.2. The number of rotatable bonds is 5. The maximum Gasteiger partial charge on any atom is 0.270 e. The summed E-state index contributed by atoms with van der Waals surface area (Å²) in [5.74, 6) is 0.654. The van der Waals surface area contributed by atoms with Gasteiger partial charge in [-0.1, -0.05) is 6.42 Å². The minimum Gasteiger partial charge on any atom is -0.492 e. The maximum atomic E-state index is 10.6. The van der Waals surface area contributed by atoms with Crippen LogP contribution in [0.3, 0.4) is 0 Å². The van der Waals surface area contributed by atoms with E-state index >= 15 is 0 Å². The highest BCUT2D eigenvalue weighted by atomic mass is 79.9. The zero-order chi connectivity index (χ0) is 13.7. The highest BCUT2D eigenvalue weighted by Crippen LogP contribution is 2.29. The molecular formula is C13H17BrN2O3. The van der Waals surface area contributed by atoms with Gasteiger partial charge in [-0.2, -0.15) is 0 Å². The Kier molecular flexibility index (Phi) is 5.15. The molecule has 1 aromatic rings. The van der Waals surface area contributed by atoms with Crippen LogP contribution in [0.2, 0.25) is 0 Å². The number of ether oxygens (including phenoxy) is 1. The number of nitrogens with one attached hydrogen (secondary N) is 1. The van der Waals surface area contributed by atoms with E-state index in [1.807, 2.05) is 0 Å².